The third-order valence-corrected chi connectivity index (χ3v) is 4.79. The fraction of sp³-hybridized carbons (Fsp3) is 0.333. The second kappa shape index (κ2) is 9.21. The molecule has 0 atom stereocenters. The van der Waals surface area contributed by atoms with Crippen molar-refractivity contribution in [2.45, 2.75) is 13.3 Å². The standard InChI is InChI=1S/C21H25FN4O2/c1-16-15-17(7-8-19(16)22)24-21(28)23-10-9-20(27)26-13-11-25(12-14-26)18-5-3-2-4-6-18/h2-8,15H,9-14H2,1H3,(H2,23,24,28). The fourth-order valence-corrected chi connectivity index (χ4v) is 3.19. The highest BCUT2D eigenvalue weighted by Gasteiger charge is 2.21. The van der Waals surface area contributed by atoms with E-state index in [4.69, 9.17) is 0 Å². The Morgan fingerprint density at radius 3 is 2.43 bits per heavy atom. The van der Waals surface area contributed by atoms with Gasteiger partial charge in [0, 0.05) is 50.5 Å². The summed E-state index contributed by atoms with van der Waals surface area (Å²) in [6, 6.07) is 14.1. The highest BCUT2D eigenvalue weighted by molar-refractivity contribution is 5.89. The number of amides is 3. The molecule has 1 heterocycles. The van der Waals surface area contributed by atoms with E-state index in [1.807, 2.05) is 23.1 Å². The van der Waals surface area contributed by atoms with Crippen LogP contribution < -0.4 is 15.5 Å². The molecule has 3 amide bonds. The maximum Gasteiger partial charge on any atom is 0.319 e. The molecule has 0 unspecified atom stereocenters. The number of para-hydroxylation sites is 1. The first kappa shape index (κ1) is 19.7. The van der Waals surface area contributed by atoms with E-state index in [9.17, 15) is 14.0 Å². The number of benzene rings is 2. The van der Waals surface area contributed by atoms with Crippen molar-refractivity contribution in [2.24, 2.45) is 0 Å². The first-order valence-electron chi connectivity index (χ1n) is 9.42. The Morgan fingerprint density at radius 1 is 1.04 bits per heavy atom. The molecule has 1 aliphatic heterocycles. The summed E-state index contributed by atoms with van der Waals surface area (Å²) in [5.41, 5.74) is 2.14. The van der Waals surface area contributed by atoms with E-state index in [0.29, 0.717) is 24.3 Å². The maximum absolute atomic E-state index is 13.3. The number of nitrogens with zero attached hydrogens (tertiary/aromatic N) is 2. The van der Waals surface area contributed by atoms with E-state index >= 15 is 0 Å². The molecule has 2 N–H and O–H groups in total. The molecule has 0 aliphatic carbocycles. The van der Waals surface area contributed by atoms with Crippen molar-refractivity contribution in [1.29, 1.82) is 0 Å². The predicted molar refractivity (Wildman–Crippen MR) is 108 cm³/mol. The molecule has 3 rings (SSSR count). The zero-order chi connectivity index (χ0) is 19.9. The minimum Gasteiger partial charge on any atom is -0.368 e. The van der Waals surface area contributed by atoms with Gasteiger partial charge in [-0.3, -0.25) is 4.79 Å². The van der Waals surface area contributed by atoms with Gasteiger partial charge in [-0.15, -0.1) is 0 Å². The van der Waals surface area contributed by atoms with Crippen LogP contribution in [-0.4, -0.2) is 49.6 Å². The highest BCUT2D eigenvalue weighted by atomic mass is 19.1. The molecule has 0 bridgehead atoms. The molecule has 1 fully saturated rings. The topological polar surface area (TPSA) is 64.7 Å². The van der Waals surface area contributed by atoms with Crippen molar-refractivity contribution in [1.82, 2.24) is 10.2 Å². The lowest BCUT2D eigenvalue weighted by Crippen LogP contribution is -2.49. The van der Waals surface area contributed by atoms with Crippen LogP contribution in [0, 0.1) is 12.7 Å². The van der Waals surface area contributed by atoms with E-state index in [1.54, 1.807) is 13.0 Å². The largest absolute Gasteiger partial charge is 0.368 e. The summed E-state index contributed by atoms with van der Waals surface area (Å²) >= 11 is 0. The van der Waals surface area contributed by atoms with E-state index in [1.165, 1.54) is 17.8 Å². The van der Waals surface area contributed by atoms with Gasteiger partial charge in [-0.05, 0) is 42.8 Å². The zero-order valence-electron chi connectivity index (χ0n) is 16.0. The van der Waals surface area contributed by atoms with Gasteiger partial charge in [-0.2, -0.15) is 0 Å². The third kappa shape index (κ3) is 5.22. The lowest BCUT2D eigenvalue weighted by atomic mass is 10.2. The van der Waals surface area contributed by atoms with E-state index in [2.05, 4.69) is 27.7 Å². The van der Waals surface area contributed by atoms with E-state index in [0.717, 1.165) is 13.1 Å². The van der Waals surface area contributed by atoms with Crippen molar-refractivity contribution in [2.75, 3.05) is 42.9 Å². The molecular weight excluding hydrogens is 359 g/mol. The van der Waals surface area contributed by atoms with Crippen molar-refractivity contribution >= 4 is 23.3 Å². The maximum atomic E-state index is 13.3. The number of aryl methyl sites for hydroxylation is 1. The van der Waals surface area contributed by atoms with Gasteiger partial charge in [-0.25, -0.2) is 9.18 Å². The third-order valence-electron chi connectivity index (χ3n) is 4.79. The summed E-state index contributed by atoms with van der Waals surface area (Å²) in [5.74, 6) is -0.283. The average molecular weight is 384 g/mol. The van der Waals surface area contributed by atoms with Crippen molar-refractivity contribution < 1.29 is 14.0 Å². The summed E-state index contributed by atoms with van der Waals surface area (Å²) in [6.07, 6.45) is 0.251. The molecule has 7 heteroatoms. The molecule has 2 aromatic carbocycles. The van der Waals surface area contributed by atoms with Gasteiger partial charge >= 0.3 is 6.03 Å². The first-order chi connectivity index (χ1) is 13.5. The Morgan fingerprint density at radius 2 is 1.75 bits per heavy atom. The van der Waals surface area contributed by atoms with Crippen LogP contribution >= 0.6 is 0 Å². The summed E-state index contributed by atoms with van der Waals surface area (Å²) in [5, 5.41) is 5.31. The number of carbonyl (C=O) groups excluding carboxylic acids is 2. The predicted octanol–water partition coefficient (Wildman–Crippen LogP) is 2.99. The lowest BCUT2D eigenvalue weighted by molar-refractivity contribution is -0.131. The number of carbonyl (C=O) groups is 2. The number of hydrogen-bond acceptors (Lipinski definition) is 3. The lowest BCUT2D eigenvalue weighted by Gasteiger charge is -2.36. The molecule has 28 heavy (non-hydrogen) atoms. The first-order valence-corrected chi connectivity index (χ1v) is 9.42. The van der Waals surface area contributed by atoms with Gasteiger partial charge in [0.25, 0.3) is 0 Å². The van der Waals surface area contributed by atoms with Crippen molar-refractivity contribution in [3.63, 3.8) is 0 Å². The Bertz CT molecular complexity index is 820. The molecule has 148 valence electrons. The van der Waals surface area contributed by atoms with Gasteiger partial charge in [0.2, 0.25) is 5.91 Å². The Kier molecular flexibility index (Phi) is 6.47. The molecule has 0 aromatic heterocycles. The molecule has 1 saturated heterocycles. The minimum atomic E-state index is -0.410. The molecule has 0 saturated carbocycles. The van der Waals surface area contributed by atoms with Crippen LogP contribution in [0.5, 0.6) is 0 Å². The van der Waals surface area contributed by atoms with Gasteiger partial charge in [0.15, 0.2) is 0 Å². The summed E-state index contributed by atoms with van der Waals surface area (Å²) < 4.78 is 13.3. The smallest absolute Gasteiger partial charge is 0.319 e. The van der Waals surface area contributed by atoms with Gasteiger partial charge < -0.3 is 20.4 Å². The fourth-order valence-electron chi connectivity index (χ4n) is 3.19. The summed E-state index contributed by atoms with van der Waals surface area (Å²) in [6.45, 7) is 4.84. The molecule has 0 radical (unpaired) electrons. The molecule has 2 aromatic rings. The van der Waals surface area contributed by atoms with Crippen LogP contribution in [0.25, 0.3) is 0 Å². The monoisotopic (exact) mass is 384 g/mol. The number of hydrogen-bond donors (Lipinski definition) is 2. The Hall–Kier alpha value is -3.09. The van der Waals surface area contributed by atoms with Crippen LogP contribution in [0.1, 0.15) is 12.0 Å². The van der Waals surface area contributed by atoms with E-state index in [-0.39, 0.29) is 24.7 Å². The molecular formula is C21H25FN4O2. The number of rotatable bonds is 5. The van der Waals surface area contributed by atoms with Crippen molar-refractivity contribution in [3.05, 3.63) is 59.9 Å². The number of anilines is 2. The minimum absolute atomic E-state index is 0.0330. The highest BCUT2D eigenvalue weighted by Crippen LogP contribution is 2.16. The number of urea groups is 1. The second-order valence-electron chi connectivity index (χ2n) is 6.80. The average Bonchev–Trinajstić information content (AvgIpc) is 2.71. The molecule has 6 nitrogen and oxygen atoms in total. The number of piperazine rings is 1. The summed E-state index contributed by atoms with van der Waals surface area (Å²) in [7, 11) is 0. The van der Waals surface area contributed by atoms with Gasteiger partial charge in [0.05, 0.1) is 0 Å². The molecule has 0 spiro atoms. The Balaban J connectivity index is 1.37. The number of halogens is 1. The normalized spacial score (nSPS) is 13.9. The van der Waals surface area contributed by atoms with Crippen LogP contribution in [0.2, 0.25) is 0 Å². The van der Waals surface area contributed by atoms with Crippen LogP contribution in [-0.2, 0) is 4.79 Å². The molecule has 1 aliphatic rings. The van der Waals surface area contributed by atoms with Gasteiger partial charge in [-0.1, -0.05) is 18.2 Å². The number of nitrogens with one attached hydrogen (secondary N) is 2. The van der Waals surface area contributed by atoms with Crippen LogP contribution in [0.4, 0.5) is 20.6 Å². The van der Waals surface area contributed by atoms with Gasteiger partial charge in [0.1, 0.15) is 5.82 Å². The second-order valence-corrected chi connectivity index (χ2v) is 6.80. The Labute approximate surface area is 164 Å². The van der Waals surface area contributed by atoms with Crippen LogP contribution in [0.15, 0.2) is 48.5 Å². The van der Waals surface area contributed by atoms with E-state index < -0.39 is 6.03 Å². The van der Waals surface area contributed by atoms with Crippen molar-refractivity contribution in [3.8, 4) is 0 Å². The SMILES string of the molecule is Cc1cc(NC(=O)NCCC(=O)N2CCN(c3ccccc3)CC2)ccc1F. The zero-order valence-corrected chi connectivity index (χ0v) is 16.0. The van der Waals surface area contributed by atoms with Crippen LogP contribution in [0.3, 0.4) is 0 Å². The quantitative estimate of drug-likeness (QED) is 0.833. The summed E-state index contributed by atoms with van der Waals surface area (Å²) in [4.78, 5) is 28.4.